The molecule has 0 saturated carbocycles. The van der Waals surface area contributed by atoms with Gasteiger partial charge in [0.1, 0.15) is 4.99 Å². The molecule has 3 nitrogen and oxygen atoms in total. The Bertz CT molecular complexity index is 453. The topological polar surface area (TPSA) is 38.5 Å². The average molecular weight is 329 g/mol. The summed E-state index contributed by atoms with van der Waals surface area (Å²) >= 11 is 8.53. The van der Waals surface area contributed by atoms with Gasteiger partial charge in [0.05, 0.1) is 6.10 Å². The van der Waals surface area contributed by atoms with Crippen LogP contribution in [0, 0.1) is 0 Å². The van der Waals surface area contributed by atoms with E-state index in [1.807, 2.05) is 6.07 Å². The number of hydrogen-bond acceptors (Lipinski definition) is 3. The fraction of sp³-hybridized carbons (Fsp3) is 0.462. The minimum Gasteiger partial charge on any atom is -0.389 e. The highest BCUT2D eigenvalue weighted by Gasteiger charge is 2.16. The van der Waals surface area contributed by atoms with Crippen LogP contribution in [-0.4, -0.2) is 30.8 Å². The zero-order valence-electron chi connectivity index (χ0n) is 10.4. The van der Waals surface area contributed by atoms with Gasteiger partial charge in [0.2, 0.25) is 0 Å². The van der Waals surface area contributed by atoms with Crippen LogP contribution in [0.25, 0.3) is 0 Å². The first-order valence-electron chi connectivity index (χ1n) is 6.04. The molecule has 0 bridgehead atoms. The van der Waals surface area contributed by atoms with Crippen LogP contribution >= 0.6 is 28.1 Å². The second-order valence-corrected chi connectivity index (χ2v) is 5.80. The van der Waals surface area contributed by atoms with Crippen LogP contribution in [0.3, 0.4) is 0 Å². The zero-order valence-corrected chi connectivity index (χ0v) is 12.8. The van der Waals surface area contributed by atoms with Gasteiger partial charge in [-0.1, -0.05) is 12.2 Å². The van der Waals surface area contributed by atoms with E-state index in [9.17, 15) is 0 Å². The monoisotopic (exact) mass is 328 g/mol. The zero-order chi connectivity index (χ0) is 13.1. The second kappa shape index (κ2) is 5.99. The lowest BCUT2D eigenvalue weighted by molar-refractivity contribution is 0.0821. The minimum absolute atomic E-state index is 0.265. The van der Waals surface area contributed by atoms with Crippen LogP contribution in [-0.2, 0) is 4.74 Å². The Labute approximate surface area is 121 Å². The summed E-state index contributed by atoms with van der Waals surface area (Å²) in [6, 6.07) is 6.11. The van der Waals surface area contributed by atoms with Crippen molar-refractivity contribution in [2.75, 3.05) is 24.6 Å². The number of benzene rings is 1. The Kier molecular flexibility index (Phi) is 4.59. The molecule has 1 aliphatic heterocycles. The van der Waals surface area contributed by atoms with Crippen LogP contribution < -0.4 is 10.6 Å². The standard InChI is InChI=1S/C13H17BrN2OS/c1-9-8-16(5-2-6-17-9)10-3-4-11(13(15)18)12(14)7-10/h3-4,7,9H,2,5-6,8H2,1H3,(H2,15,18). The third-order valence-electron chi connectivity index (χ3n) is 3.04. The molecular formula is C13H17BrN2OS. The molecule has 2 N–H and O–H groups in total. The lowest BCUT2D eigenvalue weighted by atomic mass is 10.2. The smallest absolute Gasteiger partial charge is 0.105 e. The molecule has 1 unspecified atom stereocenters. The molecule has 1 fully saturated rings. The quantitative estimate of drug-likeness (QED) is 0.847. The third-order valence-corrected chi connectivity index (χ3v) is 3.91. The highest BCUT2D eigenvalue weighted by atomic mass is 79.9. The summed E-state index contributed by atoms with van der Waals surface area (Å²) in [6.07, 6.45) is 1.32. The van der Waals surface area contributed by atoms with Gasteiger partial charge in [0.15, 0.2) is 0 Å². The maximum absolute atomic E-state index is 5.66. The van der Waals surface area contributed by atoms with Gasteiger partial charge < -0.3 is 15.4 Å². The number of hydrogen-bond donors (Lipinski definition) is 1. The molecule has 18 heavy (non-hydrogen) atoms. The van der Waals surface area contributed by atoms with Crippen LogP contribution in [0.15, 0.2) is 22.7 Å². The molecule has 1 saturated heterocycles. The Balaban J connectivity index is 2.22. The second-order valence-electron chi connectivity index (χ2n) is 4.51. The van der Waals surface area contributed by atoms with E-state index in [4.69, 9.17) is 22.7 Å². The molecule has 1 aromatic carbocycles. The molecule has 0 aromatic heterocycles. The van der Waals surface area contributed by atoms with Crippen molar-refractivity contribution in [1.82, 2.24) is 0 Å². The van der Waals surface area contributed by atoms with Gasteiger partial charge in [0.25, 0.3) is 0 Å². The predicted molar refractivity (Wildman–Crippen MR) is 82.3 cm³/mol. The summed E-state index contributed by atoms with van der Waals surface area (Å²) in [6.45, 7) is 4.88. The van der Waals surface area contributed by atoms with Crippen molar-refractivity contribution in [2.45, 2.75) is 19.4 Å². The predicted octanol–water partition coefficient (Wildman–Crippen LogP) is 2.70. The molecule has 1 heterocycles. The fourth-order valence-electron chi connectivity index (χ4n) is 2.13. The molecular weight excluding hydrogens is 312 g/mol. The molecule has 1 aromatic rings. The summed E-state index contributed by atoms with van der Waals surface area (Å²) in [5.41, 5.74) is 7.72. The molecule has 98 valence electrons. The van der Waals surface area contributed by atoms with Crippen molar-refractivity contribution in [2.24, 2.45) is 5.73 Å². The van der Waals surface area contributed by atoms with Crippen molar-refractivity contribution < 1.29 is 4.74 Å². The van der Waals surface area contributed by atoms with Gasteiger partial charge in [-0.05, 0) is 47.5 Å². The van der Waals surface area contributed by atoms with Gasteiger partial charge in [-0.25, -0.2) is 0 Å². The maximum Gasteiger partial charge on any atom is 0.105 e. The first-order chi connectivity index (χ1) is 8.58. The summed E-state index contributed by atoms with van der Waals surface area (Å²) in [5.74, 6) is 0. The Hall–Kier alpha value is -0.650. The molecule has 0 spiro atoms. The summed E-state index contributed by atoms with van der Waals surface area (Å²) in [7, 11) is 0. The van der Waals surface area contributed by atoms with E-state index in [-0.39, 0.29) is 6.10 Å². The van der Waals surface area contributed by atoms with Crippen molar-refractivity contribution >= 4 is 38.8 Å². The average Bonchev–Trinajstić information content (AvgIpc) is 2.53. The number of rotatable bonds is 2. The molecule has 5 heteroatoms. The van der Waals surface area contributed by atoms with E-state index in [1.165, 1.54) is 5.69 Å². The van der Waals surface area contributed by atoms with Gasteiger partial charge in [-0.3, -0.25) is 0 Å². The fourth-order valence-corrected chi connectivity index (χ4v) is 3.02. The minimum atomic E-state index is 0.265. The first-order valence-corrected chi connectivity index (χ1v) is 7.24. The van der Waals surface area contributed by atoms with E-state index in [2.05, 4.69) is 39.9 Å². The number of nitrogens with two attached hydrogens (primary N) is 1. The number of anilines is 1. The van der Waals surface area contributed by atoms with E-state index in [0.29, 0.717) is 4.99 Å². The van der Waals surface area contributed by atoms with Gasteiger partial charge in [-0.2, -0.15) is 0 Å². The van der Waals surface area contributed by atoms with Gasteiger partial charge >= 0.3 is 0 Å². The molecule has 1 aliphatic rings. The summed E-state index contributed by atoms with van der Waals surface area (Å²) in [4.78, 5) is 2.76. The Morgan fingerprint density at radius 1 is 1.56 bits per heavy atom. The first kappa shape index (κ1) is 13.8. The highest BCUT2D eigenvalue weighted by molar-refractivity contribution is 9.10. The van der Waals surface area contributed by atoms with Crippen molar-refractivity contribution in [1.29, 1.82) is 0 Å². The van der Waals surface area contributed by atoms with Gasteiger partial charge in [-0.15, -0.1) is 0 Å². The van der Waals surface area contributed by atoms with Crippen LogP contribution in [0.5, 0.6) is 0 Å². The normalized spacial score (nSPS) is 20.6. The summed E-state index contributed by atoms with van der Waals surface area (Å²) < 4.78 is 6.60. The molecule has 2 rings (SSSR count). The largest absolute Gasteiger partial charge is 0.389 e. The highest BCUT2D eigenvalue weighted by Crippen LogP contribution is 2.25. The lowest BCUT2D eigenvalue weighted by Gasteiger charge is -2.25. The van der Waals surface area contributed by atoms with E-state index in [1.54, 1.807) is 0 Å². The molecule has 0 radical (unpaired) electrons. The van der Waals surface area contributed by atoms with E-state index >= 15 is 0 Å². The van der Waals surface area contributed by atoms with Gasteiger partial charge in [0, 0.05) is 35.4 Å². The lowest BCUT2D eigenvalue weighted by Crippen LogP contribution is -2.30. The number of ether oxygens (including phenoxy) is 1. The van der Waals surface area contributed by atoms with E-state index in [0.717, 1.165) is 36.2 Å². The molecule has 1 atom stereocenters. The Morgan fingerprint density at radius 2 is 2.33 bits per heavy atom. The third kappa shape index (κ3) is 3.22. The molecule has 0 aliphatic carbocycles. The Morgan fingerprint density at radius 3 is 3.00 bits per heavy atom. The van der Waals surface area contributed by atoms with E-state index < -0.39 is 0 Å². The van der Waals surface area contributed by atoms with Crippen molar-refractivity contribution in [3.63, 3.8) is 0 Å². The van der Waals surface area contributed by atoms with Crippen LogP contribution in [0.1, 0.15) is 18.9 Å². The number of thiocarbonyl (C=S) groups is 1. The number of halogens is 1. The summed E-state index contributed by atoms with van der Waals surface area (Å²) in [5, 5.41) is 0. The molecule has 0 amide bonds. The van der Waals surface area contributed by atoms with Crippen molar-refractivity contribution in [3.05, 3.63) is 28.2 Å². The number of nitrogens with zero attached hydrogens (tertiary/aromatic N) is 1. The van der Waals surface area contributed by atoms with Crippen LogP contribution in [0.2, 0.25) is 0 Å². The maximum atomic E-state index is 5.66. The van der Waals surface area contributed by atoms with Crippen molar-refractivity contribution in [3.8, 4) is 0 Å². The van der Waals surface area contributed by atoms with Crippen LogP contribution in [0.4, 0.5) is 5.69 Å². The SMILES string of the molecule is CC1CN(c2ccc(C(N)=S)c(Br)c2)CCCO1.